The van der Waals surface area contributed by atoms with Crippen molar-refractivity contribution >= 4 is 17.6 Å². The second-order valence-electron chi connectivity index (χ2n) is 8.85. The lowest BCUT2D eigenvalue weighted by Gasteiger charge is -2.09. The van der Waals surface area contributed by atoms with Crippen LogP contribution < -0.4 is 15.4 Å². The summed E-state index contributed by atoms with van der Waals surface area (Å²) in [5, 5.41) is 21.1. The molecular weight excluding hydrogens is 531 g/mol. The Morgan fingerprint density at radius 3 is 2.45 bits per heavy atom. The largest absolute Gasteiger partial charge is 0.573 e. The number of alkyl halides is 3. The van der Waals surface area contributed by atoms with Crippen molar-refractivity contribution in [3.8, 4) is 5.75 Å². The number of ether oxygens (including phenoxy) is 1. The number of hydrogen-bond acceptors (Lipinski definition) is 8. The summed E-state index contributed by atoms with van der Waals surface area (Å²) in [6.45, 7) is 3.28. The molecule has 3 heterocycles. The fourth-order valence-electron chi connectivity index (χ4n) is 3.63. The molecule has 2 amide bonds. The van der Waals surface area contributed by atoms with E-state index in [0.717, 1.165) is 29.8 Å². The topological polar surface area (TPSA) is 142 Å². The van der Waals surface area contributed by atoms with Crippen molar-refractivity contribution < 1.29 is 27.5 Å². The number of pyridine rings is 1. The molecule has 0 fully saturated rings. The quantitative estimate of drug-likeness (QED) is 0.253. The van der Waals surface area contributed by atoms with Crippen molar-refractivity contribution in [1.82, 2.24) is 40.3 Å². The molecule has 40 heavy (non-hydrogen) atoms. The SMILES string of the molecule is Cc1ccc(CNC(=O)c2cn(CCCCn3cc(NC(=O)Cc4cccc(OC(F)(F)F)c4)nn3)nn2)cn1. The van der Waals surface area contributed by atoms with Gasteiger partial charge in [0, 0.05) is 31.5 Å². The Bertz CT molecular complexity index is 1440. The standard InChI is InChI=1S/C25H26F3N9O3/c1-17-7-8-19(13-29-17)14-30-24(39)21-15-36(34-32-21)9-2-3-10-37-16-22(33-35-37)31-23(38)12-18-5-4-6-20(11-18)40-25(26,27)28/h4-8,11,13,15-16H,2-3,9-10,12,14H2,1H3,(H,30,39)(H,31,38). The fourth-order valence-corrected chi connectivity index (χ4v) is 3.63. The molecule has 4 rings (SSSR count). The van der Waals surface area contributed by atoms with E-state index >= 15 is 0 Å². The highest BCUT2D eigenvalue weighted by atomic mass is 19.4. The van der Waals surface area contributed by atoms with Gasteiger partial charge in [-0.2, -0.15) is 0 Å². The first kappa shape index (κ1) is 28.2. The van der Waals surface area contributed by atoms with Gasteiger partial charge in [0.15, 0.2) is 11.5 Å². The van der Waals surface area contributed by atoms with Gasteiger partial charge in [-0.05, 0) is 49.1 Å². The van der Waals surface area contributed by atoms with E-state index in [0.29, 0.717) is 31.6 Å². The third kappa shape index (κ3) is 8.89. The number of hydrogen-bond donors (Lipinski definition) is 2. The summed E-state index contributed by atoms with van der Waals surface area (Å²) in [6.07, 6.45) is 1.30. The number of carbonyl (C=O) groups is 2. The Kier molecular flexibility index (Phi) is 9.04. The van der Waals surface area contributed by atoms with Crippen LogP contribution in [-0.2, 0) is 30.8 Å². The molecule has 4 aromatic rings. The smallest absolute Gasteiger partial charge is 0.406 e. The summed E-state index contributed by atoms with van der Waals surface area (Å²) in [5.41, 5.74) is 2.35. The number of aromatic nitrogens is 7. The van der Waals surface area contributed by atoms with Crippen LogP contribution in [0.25, 0.3) is 0 Å². The van der Waals surface area contributed by atoms with Crippen LogP contribution in [0.5, 0.6) is 5.75 Å². The zero-order chi connectivity index (χ0) is 28.5. The first-order chi connectivity index (χ1) is 19.1. The summed E-state index contributed by atoms with van der Waals surface area (Å²) in [6, 6.07) is 8.97. The van der Waals surface area contributed by atoms with Crippen LogP contribution in [0.1, 0.15) is 40.2 Å². The van der Waals surface area contributed by atoms with E-state index in [1.54, 1.807) is 28.0 Å². The second kappa shape index (κ2) is 12.8. The normalized spacial score (nSPS) is 11.3. The summed E-state index contributed by atoms with van der Waals surface area (Å²) in [5.74, 6) is -0.963. The molecule has 0 saturated carbocycles. The van der Waals surface area contributed by atoms with Crippen LogP contribution in [-0.4, -0.2) is 53.1 Å². The lowest BCUT2D eigenvalue weighted by molar-refractivity contribution is -0.274. The van der Waals surface area contributed by atoms with Crippen molar-refractivity contribution in [2.45, 2.75) is 52.2 Å². The van der Waals surface area contributed by atoms with Crippen LogP contribution in [0.4, 0.5) is 19.0 Å². The van der Waals surface area contributed by atoms with Crippen LogP contribution in [0.3, 0.4) is 0 Å². The van der Waals surface area contributed by atoms with E-state index in [-0.39, 0.29) is 23.8 Å². The molecule has 0 aliphatic heterocycles. The predicted molar refractivity (Wildman–Crippen MR) is 135 cm³/mol. The van der Waals surface area contributed by atoms with Crippen molar-refractivity contribution in [2.24, 2.45) is 0 Å². The lowest BCUT2D eigenvalue weighted by atomic mass is 10.1. The second-order valence-corrected chi connectivity index (χ2v) is 8.85. The van der Waals surface area contributed by atoms with Gasteiger partial charge in [0.1, 0.15) is 5.75 Å². The number of unbranched alkanes of at least 4 members (excludes halogenated alkanes) is 1. The van der Waals surface area contributed by atoms with Gasteiger partial charge in [-0.15, -0.1) is 23.4 Å². The maximum Gasteiger partial charge on any atom is 0.573 e. The zero-order valence-electron chi connectivity index (χ0n) is 21.4. The number of aryl methyl sites for hydroxylation is 3. The van der Waals surface area contributed by atoms with Gasteiger partial charge in [-0.1, -0.05) is 28.6 Å². The number of rotatable bonds is 12. The Morgan fingerprint density at radius 1 is 0.975 bits per heavy atom. The predicted octanol–water partition coefficient (Wildman–Crippen LogP) is 3.06. The number of amides is 2. The average Bonchev–Trinajstić information content (AvgIpc) is 3.55. The van der Waals surface area contributed by atoms with Gasteiger partial charge in [0.25, 0.3) is 5.91 Å². The first-order valence-corrected chi connectivity index (χ1v) is 12.3. The van der Waals surface area contributed by atoms with E-state index < -0.39 is 18.0 Å². The molecule has 0 atom stereocenters. The molecule has 0 spiro atoms. The monoisotopic (exact) mass is 557 g/mol. The summed E-state index contributed by atoms with van der Waals surface area (Å²) in [4.78, 5) is 28.8. The molecule has 210 valence electrons. The van der Waals surface area contributed by atoms with Gasteiger partial charge in [0.05, 0.1) is 18.8 Å². The van der Waals surface area contributed by atoms with Gasteiger partial charge < -0.3 is 15.4 Å². The molecule has 0 saturated heterocycles. The first-order valence-electron chi connectivity index (χ1n) is 12.3. The van der Waals surface area contributed by atoms with Crippen molar-refractivity contribution in [3.05, 3.63) is 77.5 Å². The molecule has 0 radical (unpaired) electrons. The van der Waals surface area contributed by atoms with Crippen LogP contribution in [0, 0.1) is 6.92 Å². The maximum absolute atomic E-state index is 12.4. The van der Waals surface area contributed by atoms with Gasteiger partial charge in [0.2, 0.25) is 5.91 Å². The Balaban J connectivity index is 1.16. The number of nitrogens with zero attached hydrogens (tertiary/aromatic N) is 7. The Labute approximate surface area is 226 Å². The number of nitrogens with one attached hydrogen (secondary N) is 2. The van der Waals surface area contributed by atoms with Crippen LogP contribution in [0.2, 0.25) is 0 Å². The van der Waals surface area contributed by atoms with Gasteiger partial charge in [-0.3, -0.25) is 23.9 Å². The van der Waals surface area contributed by atoms with Crippen molar-refractivity contribution in [3.63, 3.8) is 0 Å². The Morgan fingerprint density at radius 2 is 1.73 bits per heavy atom. The molecule has 15 heteroatoms. The highest BCUT2D eigenvalue weighted by Gasteiger charge is 2.31. The van der Waals surface area contributed by atoms with E-state index in [9.17, 15) is 22.8 Å². The number of anilines is 1. The summed E-state index contributed by atoms with van der Waals surface area (Å²) in [7, 11) is 0. The third-order valence-electron chi connectivity index (χ3n) is 5.52. The van der Waals surface area contributed by atoms with E-state index in [2.05, 4.69) is 41.0 Å². The van der Waals surface area contributed by atoms with E-state index in [1.165, 1.54) is 12.1 Å². The van der Waals surface area contributed by atoms with Crippen LogP contribution in [0.15, 0.2) is 55.0 Å². The van der Waals surface area contributed by atoms with Gasteiger partial charge >= 0.3 is 6.36 Å². The van der Waals surface area contributed by atoms with E-state index in [4.69, 9.17) is 0 Å². The van der Waals surface area contributed by atoms with Crippen molar-refractivity contribution in [1.29, 1.82) is 0 Å². The number of carbonyl (C=O) groups excluding carboxylic acids is 2. The Hall–Kier alpha value is -4.82. The molecule has 0 aliphatic rings. The zero-order valence-corrected chi connectivity index (χ0v) is 21.4. The number of benzene rings is 1. The molecule has 2 N–H and O–H groups in total. The fraction of sp³-hybridized carbons (Fsp3) is 0.320. The van der Waals surface area contributed by atoms with Crippen LogP contribution >= 0.6 is 0 Å². The number of halogens is 3. The minimum absolute atomic E-state index is 0.164. The maximum atomic E-state index is 12.4. The summed E-state index contributed by atoms with van der Waals surface area (Å²) < 4.78 is 44.2. The molecule has 0 aliphatic carbocycles. The molecular formula is C25H26F3N9O3. The van der Waals surface area contributed by atoms with Crippen molar-refractivity contribution in [2.75, 3.05) is 5.32 Å². The molecule has 0 unspecified atom stereocenters. The molecule has 0 bridgehead atoms. The molecule has 1 aromatic carbocycles. The minimum atomic E-state index is -4.81. The lowest BCUT2D eigenvalue weighted by Crippen LogP contribution is -2.23. The molecule has 12 nitrogen and oxygen atoms in total. The minimum Gasteiger partial charge on any atom is -0.406 e. The highest BCUT2D eigenvalue weighted by Crippen LogP contribution is 2.23. The highest BCUT2D eigenvalue weighted by molar-refractivity contribution is 5.92. The van der Waals surface area contributed by atoms with Gasteiger partial charge in [-0.25, -0.2) is 0 Å². The average molecular weight is 558 g/mol. The van der Waals surface area contributed by atoms with E-state index in [1.807, 2.05) is 19.1 Å². The summed E-state index contributed by atoms with van der Waals surface area (Å²) >= 11 is 0. The third-order valence-corrected chi connectivity index (χ3v) is 5.52. The molecule has 3 aromatic heterocycles.